The van der Waals surface area contributed by atoms with E-state index in [1.807, 2.05) is 43.3 Å². The molecular weight excluding hydrogens is 334 g/mol. The highest BCUT2D eigenvalue weighted by molar-refractivity contribution is 5.66. The van der Waals surface area contributed by atoms with Crippen molar-refractivity contribution in [3.63, 3.8) is 0 Å². The van der Waals surface area contributed by atoms with Crippen molar-refractivity contribution in [1.29, 1.82) is 0 Å². The lowest BCUT2D eigenvalue weighted by molar-refractivity contribution is 0.311. The van der Waals surface area contributed by atoms with Crippen LogP contribution in [0.3, 0.4) is 0 Å². The Kier molecular flexibility index (Phi) is 5.26. The molecule has 0 aliphatic rings. The Hall–Kier alpha value is -3.22. The first kappa shape index (κ1) is 17.6. The molecular formula is C19H21N3O4. The smallest absolute Gasteiger partial charge is 0.181 e. The average molecular weight is 355 g/mol. The summed E-state index contributed by atoms with van der Waals surface area (Å²) in [4.78, 5) is 4.57. The molecule has 3 rings (SSSR count). The van der Waals surface area contributed by atoms with E-state index >= 15 is 0 Å². The average Bonchev–Trinajstić information content (AvgIpc) is 3.18. The summed E-state index contributed by atoms with van der Waals surface area (Å²) in [6, 6.07) is 11.2. The van der Waals surface area contributed by atoms with Gasteiger partial charge >= 0.3 is 0 Å². The number of ether oxygens (including phenoxy) is 4. The topological polar surface area (TPSA) is 78.5 Å². The first-order chi connectivity index (χ1) is 12.7. The van der Waals surface area contributed by atoms with Crippen LogP contribution in [0.1, 0.15) is 6.92 Å². The van der Waals surface area contributed by atoms with Gasteiger partial charge in [-0.3, -0.25) is 5.10 Å². The first-order valence-corrected chi connectivity index (χ1v) is 8.16. The van der Waals surface area contributed by atoms with Crippen LogP contribution in [-0.4, -0.2) is 43.1 Å². The van der Waals surface area contributed by atoms with E-state index in [2.05, 4.69) is 15.2 Å². The Morgan fingerprint density at radius 3 is 2.12 bits per heavy atom. The molecule has 0 amide bonds. The number of H-pyrrole nitrogens is 1. The van der Waals surface area contributed by atoms with Gasteiger partial charge in [0, 0.05) is 11.1 Å². The van der Waals surface area contributed by atoms with E-state index in [1.165, 1.54) is 0 Å². The van der Waals surface area contributed by atoms with Gasteiger partial charge in [0.2, 0.25) is 0 Å². The van der Waals surface area contributed by atoms with Crippen LogP contribution in [0.4, 0.5) is 0 Å². The fraction of sp³-hybridized carbons (Fsp3) is 0.263. The van der Waals surface area contributed by atoms with Crippen LogP contribution >= 0.6 is 0 Å². The minimum Gasteiger partial charge on any atom is -0.493 e. The van der Waals surface area contributed by atoms with Crippen LogP contribution in [0.15, 0.2) is 36.4 Å². The van der Waals surface area contributed by atoms with Crippen molar-refractivity contribution < 1.29 is 18.9 Å². The van der Waals surface area contributed by atoms with E-state index in [0.29, 0.717) is 41.3 Å². The third-order valence-electron chi connectivity index (χ3n) is 3.86. The summed E-state index contributed by atoms with van der Waals surface area (Å²) in [5.74, 6) is 3.82. The second-order valence-corrected chi connectivity index (χ2v) is 5.38. The minimum atomic E-state index is 0.564. The molecule has 0 spiro atoms. The first-order valence-electron chi connectivity index (χ1n) is 8.16. The number of hydrogen-bond donors (Lipinski definition) is 1. The molecule has 0 radical (unpaired) electrons. The predicted octanol–water partition coefficient (Wildman–Crippen LogP) is 3.56. The van der Waals surface area contributed by atoms with Crippen molar-refractivity contribution in [2.45, 2.75) is 6.92 Å². The molecule has 136 valence electrons. The molecule has 0 saturated heterocycles. The molecule has 0 saturated carbocycles. The summed E-state index contributed by atoms with van der Waals surface area (Å²) in [7, 11) is 4.80. The van der Waals surface area contributed by atoms with Crippen molar-refractivity contribution in [2.24, 2.45) is 0 Å². The van der Waals surface area contributed by atoms with Gasteiger partial charge in [-0.1, -0.05) is 0 Å². The molecule has 1 aromatic heterocycles. The zero-order chi connectivity index (χ0) is 18.5. The molecule has 1 N–H and O–H groups in total. The fourth-order valence-corrected chi connectivity index (χ4v) is 2.58. The van der Waals surface area contributed by atoms with E-state index in [9.17, 15) is 0 Å². The molecule has 26 heavy (non-hydrogen) atoms. The number of methoxy groups -OCH3 is 3. The third kappa shape index (κ3) is 3.42. The van der Waals surface area contributed by atoms with Gasteiger partial charge in [0.15, 0.2) is 34.6 Å². The number of rotatable bonds is 7. The van der Waals surface area contributed by atoms with Gasteiger partial charge in [-0.15, -0.1) is 0 Å². The van der Waals surface area contributed by atoms with Crippen molar-refractivity contribution >= 4 is 0 Å². The fourth-order valence-electron chi connectivity index (χ4n) is 2.58. The van der Waals surface area contributed by atoms with E-state index in [-0.39, 0.29) is 0 Å². The lowest BCUT2D eigenvalue weighted by Gasteiger charge is -2.09. The van der Waals surface area contributed by atoms with Crippen LogP contribution in [0, 0.1) is 0 Å². The lowest BCUT2D eigenvalue weighted by Crippen LogP contribution is -1.95. The Balaban J connectivity index is 1.93. The predicted molar refractivity (Wildman–Crippen MR) is 98.1 cm³/mol. The molecule has 0 unspecified atom stereocenters. The minimum absolute atomic E-state index is 0.564. The van der Waals surface area contributed by atoms with Crippen LogP contribution in [0.5, 0.6) is 23.0 Å². The zero-order valence-electron chi connectivity index (χ0n) is 15.2. The third-order valence-corrected chi connectivity index (χ3v) is 3.86. The number of benzene rings is 2. The monoisotopic (exact) mass is 355 g/mol. The second kappa shape index (κ2) is 7.77. The maximum atomic E-state index is 5.54. The summed E-state index contributed by atoms with van der Waals surface area (Å²) in [6.45, 7) is 2.50. The van der Waals surface area contributed by atoms with E-state index in [0.717, 1.165) is 11.1 Å². The van der Waals surface area contributed by atoms with Gasteiger partial charge in [0.25, 0.3) is 0 Å². The molecule has 1 heterocycles. The maximum absolute atomic E-state index is 5.54. The Morgan fingerprint density at radius 1 is 0.808 bits per heavy atom. The summed E-state index contributed by atoms with van der Waals surface area (Å²) < 4.78 is 21.5. The van der Waals surface area contributed by atoms with Crippen LogP contribution in [0.2, 0.25) is 0 Å². The van der Waals surface area contributed by atoms with Crippen LogP contribution < -0.4 is 18.9 Å². The molecule has 7 heteroatoms. The number of nitrogens with one attached hydrogen (secondary N) is 1. The number of aromatic amines is 1. The van der Waals surface area contributed by atoms with Gasteiger partial charge in [0.1, 0.15) is 0 Å². The number of hydrogen-bond acceptors (Lipinski definition) is 6. The molecule has 0 atom stereocenters. The molecule has 7 nitrogen and oxygen atoms in total. The highest BCUT2D eigenvalue weighted by Crippen LogP contribution is 2.33. The van der Waals surface area contributed by atoms with Crippen molar-refractivity contribution in [1.82, 2.24) is 15.2 Å². The molecule has 0 bridgehead atoms. The largest absolute Gasteiger partial charge is 0.493 e. The van der Waals surface area contributed by atoms with Gasteiger partial charge < -0.3 is 18.9 Å². The summed E-state index contributed by atoms with van der Waals surface area (Å²) >= 11 is 0. The normalized spacial score (nSPS) is 10.5. The Morgan fingerprint density at radius 2 is 1.42 bits per heavy atom. The van der Waals surface area contributed by atoms with Crippen molar-refractivity contribution in [2.75, 3.05) is 27.9 Å². The van der Waals surface area contributed by atoms with E-state index < -0.39 is 0 Å². The summed E-state index contributed by atoms with van der Waals surface area (Å²) in [6.07, 6.45) is 0. The highest BCUT2D eigenvalue weighted by atomic mass is 16.5. The molecule has 2 aromatic carbocycles. The summed E-state index contributed by atoms with van der Waals surface area (Å²) in [5, 5.41) is 7.26. The lowest BCUT2D eigenvalue weighted by atomic mass is 10.1. The van der Waals surface area contributed by atoms with Gasteiger partial charge in [-0.25, -0.2) is 4.98 Å². The number of aromatic nitrogens is 3. The SMILES string of the molecule is CCOc1ccc(-c2nc(-c3ccc(OC)c(OC)c3)n[nH]2)cc1OC. The Bertz CT molecular complexity index is 892. The van der Waals surface area contributed by atoms with Gasteiger partial charge in [-0.05, 0) is 43.3 Å². The van der Waals surface area contributed by atoms with Crippen LogP contribution in [-0.2, 0) is 0 Å². The second-order valence-electron chi connectivity index (χ2n) is 5.38. The highest BCUT2D eigenvalue weighted by Gasteiger charge is 2.13. The molecule has 3 aromatic rings. The van der Waals surface area contributed by atoms with Crippen LogP contribution in [0.25, 0.3) is 22.8 Å². The Labute approximate surface area is 151 Å². The van der Waals surface area contributed by atoms with E-state index in [4.69, 9.17) is 18.9 Å². The zero-order valence-corrected chi connectivity index (χ0v) is 15.2. The van der Waals surface area contributed by atoms with E-state index in [1.54, 1.807) is 21.3 Å². The van der Waals surface area contributed by atoms with Crippen molar-refractivity contribution in [3.8, 4) is 45.8 Å². The standard InChI is InChI=1S/C19H21N3O4/c1-5-26-15-9-7-13(11-17(15)25-4)19-20-18(21-22-19)12-6-8-14(23-2)16(10-12)24-3/h6-11H,5H2,1-4H3,(H,20,21,22). The maximum Gasteiger partial charge on any atom is 0.181 e. The van der Waals surface area contributed by atoms with Gasteiger partial charge in [-0.2, -0.15) is 5.10 Å². The summed E-state index contributed by atoms with van der Waals surface area (Å²) in [5.41, 5.74) is 1.67. The van der Waals surface area contributed by atoms with Gasteiger partial charge in [0.05, 0.1) is 27.9 Å². The molecule has 0 fully saturated rings. The quantitative estimate of drug-likeness (QED) is 0.698. The number of nitrogens with zero attached hydrogens (tertiary/aromatic N) is 2. The molecule has 0 aliphatic heterocycles. The molecule has 0 aliphatic carbocycles. The van der Waals surface area contributed by atoms with Crippen molar-refractivity contribution in [3.05, 3.63) is 36.4 Å².